The van der Waals surface area contributed by atoms with E-state index in [4.69, 9.17) is 4.74 Å². The van der Waals surface area contributed by atoms with E-state index in [9.17, 15) is 9.59 Å². The SMILES string of the molecule is Cc1ccc(OC2CCN(C(=O)[C@@H]3CCCN(C(=O)N(C)C)C3)CC2)cc1. The van der Waals surface area contributed by atoms with Crippen LogP contribution in [0.4, 0.5) is 4.79 Å². The summed E-state index contributed by atoms with van der Waals surface area (Å²) in [6, 6.07) is 8.12. The third kappa shape index (κ3) is 4.93. The zero-order valence-electron chi connectivity index (χ0n) is 16.7. The lowest BCUT2D eigenvalue weighted by molar-refractivity contribution is -0.138. The van der Waals surface area contributed by atoms with E-state index in [1.165, 1.54) is 5.56 Å². The number of urea groups is 1. The van der Waals surface area contributed by atoms with Crippen molar-refractivity contribution in [3.05, 3.63) is 29.8 Å². The van der Waals surface area contributed by atoms with Gasteiger partial charge in [0.1, 0.15) is 11.9 Å². The van der Waals surface area contributed by atoms with Gasteiger partial charge >= 0.3 is 6.03 Å². The Morgan fingerprint density at radius 3 is 2.30 bits per heavy atom. The van der Waals surface area contributed by atoms with Gasteiger partial charge in [0.05, 0.1) is 5.92 Å². The van der Waals surface area contributed by atoms with E-state index in [0.717, 1.165) is 51.1 Å². The van der Waals surface area contributed by atoms with Crippen molar-refractivity contribution in [1.29, 1.82) is 0 Å². The van der Waals surface area contributed by atoms with Crippen LogP contribution in [0.2, 0.25) is 0 Å². The minimum absolute atomic E-state index is 0.00212. The van der Waals surface area contributed by atoms with Gasteiger partial charge in [-0.1, -0.05) is 17.7 Å². The van der Waals surface area contributed by atoms with Gasteiger partial charge in [-0.2, -0.15) is 0 Å². The fourth-order valence-corrected chi connectivity index (χ4v) is 3.90. The van der Waals surface area contributed by atoms with Crippen molar-refractivity contribution in [2.24, 2.45) is 5.92 Å². The number of amides is 3. The molecule has 2 heterocycles. The summed E-state index contributed by atoms with van der Waals surface area (Å²) in [5, 5.41) is 0. The lowest BCUT2D eigenvalue weighted by Crippen LogP contribution is -2.51. The second-order valence-corrected chi connectivity index (χ2v) is 7.92. The number of ether oxygens (including phenoxy) is 1. The van der Waals surface area contributed by atoms with Crippen LogP contribution in [0.25, 0.3) is 0 Å². The summed E-state index contributed by atoms with van der Waals surface area (Å²) in [5.41, 5.74) is 1.22. The number of carbonyl (C=O) groups excluding carboxylic acids is 2. The maximum atomic E-state index is 12.9. The third-order valence-electron chi connectivity index (χ3n) is 5.50. The standard InChI is InChI=1S/C21H31N3O3/c1-16-6-8-18(9-7-16)27-19-10-13-23(14-11-19)20(25)17-5-4-12-24(15-17)21(26)22(2)3/h6-9,17,19H,4-5,10-15H2,1-3H3/t17-/m1/s1. The first-order valence-corrected chi connectivity index (χ1v) is 9.92. The van der Waals surface area contributed by atoms with Gasteiger partial charge in [0, 0.05) is 53.1 Å². The molecule has 2 saturated heterocycles. The quantitative estimate of drug-likeness (QED) is 0.819. The Balaban J connectivity index is 1.49. The van der Waals surface area contributed by atoms with Crippen LogP contribution < -0.4 is 4.74 Å². The second kappa shape index (κ2) is 8.63. The topological polar surface area (TPSA) is 53.1 Å². The van der Waals surface area contributed by atoms with Crippen molar-refractivity contribution in [1.82, 2.24) is 14.7 Å². The van der Waals surface area contributed by atoms with Gasteiger partial charge in [-0.25, -0.2) is 4.79 Å². The number of piperidine rings is 2. The highest BCUT2D eigenvalue weighted by molar-refractivity contribution is 5.81. The van der Waals surface area contributed by atoms with Gasteiger partial charge in [-0.15, -0.1) is 0 Å². The Morgan fingerprint density at radius 2 is 1.67 bits per heavy atom. The molecule has 3 amide bonds. The zero-order chi connectivity index (χ0) is 19.4. The first kappa shape index (κ1) is 19.5. The van der Waals surface area contributed by atoms with E-state index in [0.29, 0.717) is 6.54 Å². The molecule has 0 saturated carbocycles. The molecule has 0 bridgehead atoms. The average molecular weight is 373 g/mol. The van der Waals surface area contributed by atoms with Crippen LogP contribution in [0.15, 0.2) is 24.3 Å². The molecule has 0 N–H and O–H groups in total. The molecule has 2 aliphatic heterocycles. The summed E-state index contributed by atoms with van der Waals surface area (Å²) in [7, 11) is 3.51. The molecule has 0 spiro atoms. The van der Waals surface area contributed by atoms with Crippen LogP contribution in [-0.2, 0) is 4.79 Å². The number of hydrogen-bond donors (Lipinski definition) is 0. The van der Waals surface area contributed by atoms with E-state index < -0.39 is 0 Å². The zero-order valence-corrected chi connectivity index (χ0v) is 16.7. The van der Waals surface area contributed by atoms with Crippen LogP contribution in [0.1, 0.15) is 31.2 Å². The summed E-state index contributed by atoms with van der Waals surface area (Å²) in [5.74, 6) is 1.02. The fraction of sp³-hybridized carbons (Fsp3) is 0.619. The van der Waals surface area contributed by atoms with Gasteiger partial charge in [-0.3, -0.25) is 4.79 Å². The van der Waals surface area contributed by atoms with Crippen LogP contribution in [0, 0.1) is 12.8 Å². The van der Waals surface area contributed by atoms with Crippen molar-refractivity contribution in [3.63, 3.8) is 0 Å². The number of rotatable bonds is 3. The predicted octanol–water partition coefficient (Wildman–Crippen LogP) is 2.76. The van der Waals surface area contributed by atoms with E-state index in [-0.39, 0.29) is 24.0 Å². The summed E-state index contributed by atoms with van der Waals surface area (Å²) >= 11 is 0. The molecule has 27 heavy (non-hydrogen) atoms. The number of carbonyl (C=O) groups is 2. The molecule has 2 aliphatic rings. The maximum absolute atomic E-state index is 12.9. The summed E-state index contributed by atoms with van der Waals surface area (Å²) in [6.45, 7) is 4.80. The van der Waals surface area contributed by atoms with Crippen LogP contribution in [0.5, 0.6) is 5.75 Å². The van der Waals surface area contributed by atoms with Gasteiger partial charge in [0.25, 0.3) is 0 Å². The summed E-state index contributed by atoms with van der Waals surface area (Å²) in [6.07, 6.45) is 3.63. The molecule has 0 radical (unpaired) electrons. The largest absolute Gasteiger partial charge is 0.490 e. The average Bonchev–Trinajstić information content (AvgIpc) is 2.69. The van der Waals surface area contributed by atoms with E-state index >= 15 is 0 Å². The predicted molar refractivity (Wildman–Crippen MR) is 105 cm³/mol. The minimum Gasteiger partial charge on any atom is -0.490 e. The molecular weight excluding hydrogens is 342 g/mol. The Morgan fingerprint density at radius 1 is 1.00 bits per heavy atom. The normalized spacial score (nSPS) is 21.1. The number of hydrogen-bond acceptors (Lipinski definition) is 3. The molecule has 1 aromatic rings. The molecule has 0 aromatic heterocycles. The molecule has 1 atom stereocenters. The molecule has 2 fully saturated rings. The number of nitrogens with zero attached hydrogens (tertiary/aromatic N) is 3. The number of benzene rings is 1. The lowest BCUT2D eigenvalue weighted by atomic mass is 9.95. The van der Waals surface area contributed by atoms with Gasteiger partial charge in [-0.05, 0) is 31.9 Å². The van der Waals surface area contributed by atoms with Crippen LogP contribution in [-0.4, -0.2) is 73.0 Å². The Kier molecular flexibility index (Phi) is 6.24. The second-order valence-electron chi connectivity index (χ2n) is 7.92. The van der Waals surface area contributed by atoms with E-state index in [2.05, 4.69) is 19.1 Å². The summed E-state index contributed by atoms with van der Waals surface area (Å²) < 4.78 is 6.06. The molecule has 0 aliphatic carbocycles. The molecule has 0 unspecified atom stereocenters. The molecule has 148 valence electrons. The molecule has 3 rings (SSSR count). The van der Waals surface area contributed by atoms with Crippen molar-refractivity contribution in [2.45, 2.75) is 38.7 Å². The molecule has 6 heteroatoms. The number of aryl methyl sites for hydroxylation is 1. The third-order valence-corrected chi connectivity index (χ3v) is 5.50. The van der Waals surface area contributed by atoms with Crippen molar-refractivity contribution < 1.29 is 14.3 Å². The Labute approximate surface area is 162 Å². The monoisotopic (exact) mass is 373 g/mol. The van der Waals surface area contributed by atoms with Crippen molar-refractivity contribution >= 4 is 11.9 Å². The van der Waals surface area contributed by atoms with Crippen molar-refractivity contribution in [2.75, 3.05) is 40.3 Å². The van der Waals surface area contributed by atoms with Gasteiger partial charge < -0.3 is 19.4 Å². The van der Waals surface area contributed by atoms with E-state index in [1.807, 2.05) is 17.0 Å². The van der Waals surface area contributed by atoms with E-state index in [1.54, 1.807) is 23.9 Å². The molecular formula is C21H31N3O3. The van der Waals surface area contributed by atoms with Crippen LogP contribution in [0.3, 0.4) is 0 Å². The lowest BCUT2D eigenvalue weighted by Gasteiger charge is -2.38. The highest BCUT2D eigenvalue weighted by Gasteiger charge is 2.33. The van der Waals surface area contributed by atoms with Gasteiger partial charge in [0.15, 0.2) is 0 Å². The first-order valence-electron chi connectivity index (χ1n) is 9.92. The number of likely N-dealkylation sites (tertiary alicyclic amines) is 2. The molecule has 1 aromatic carbocycles. The van der Waals surface area contributed by atoms with Gasteiger partial charge in [0.2, 0.25) is 5.91 Å². The minimum atomic E-state index is -0.0720. The molecule has 6 nitrogen and oxygen atoms in total. The Hall–Kier alpha value is -2.24. The highest BCUT2D eigenvalue weighted by atomic mass is 16.5. The smallest absolute Gasteiger partial charge is 0.319 e. The fourth-order valence-electron chi connectivity index (χ4n) is 3.90. The first-order chi connectivity index (χ1) is 12.9. The van der Waals surface area contributed by atoms with Crippen molar-refractivity contribution in [3.8, 4) is 5.75 Å². The highest BCUT2D eigenvalue weighted by Crippen LogP contribution is 2.24. The Bertz CT molecular complexity index is 651. The summed E-state index contributed by atoms with van der Waals surface area (Å²) in [4.78, 5) is 30.5. The van der Waals surface area contributed by atoms with Crippen LogP contribution >= 0.6 is 0 Å². The maximum Gasteiger partial charge on any atom is 0.319 e.